The van der Waals surface area contributed by atoms with Gasteiger partial charge in [0.15, 0.2) is 23.0 Å². The Hall–Kier alpha value is -3.39. The van der Waals surface area contributed by atoms with Crippen LogP contribution in [0.5, 0.6) is 11.5 Å². The second-order valence-corrected chi connectivity index (χ2v) is 7.18. The van der Waals surface area contributed by atoms with E-state index in [1.807, 2.05) is 51.1 Å². The van der Waals surface area contributed by atoms with Crippen LogP contribution in [0.1, 0.15) is 31.3 Å². The van der Waals surface area contributed by atoms with Crippen LogP contribution in [0, 0.1) is 6.92 Å². The molecule has 3 heterocycles. The van der Waals surface area contributed by atoms with E-state index in [0.29, 0.717) is 34.4 Å². The summed E-state index contributed by atoms with van der Waals surface area (Å²) in [4.78, 5) is 13.6. The van der Waals surface area contributed by atoms with Crippen molar-refractivity contribution in [3.63, 3.8) is 0 Å². The number of pyridine rings is 2. The van der Waals surface area contributed by atoms with E-state index in [4.69, 9.17) is 14.0 Å². The Morgan fingerprint density at radius 2 is 1.77 bits per heavy atom. The van der Waals surface area contributed by atoms with Crippen molar-refractivity contribution in [2.75, 3.05) is 19.5 Å². The van der Waals surface area contributed by atoms with E-state index in [0.717, 1.165) is 22.5 Å². The highest BCUT2D eigenvalue weighted by molar-refractivity contribution is 5.98. The lowest BCUT2D eigenvalue weighted by Gasteiger charge is -2.15. The molecule has 1 N–H and O–H groups in total. The number of benzene rings is 1. The quantitative estimate of drug-likeness (QED) is 0.431. The number of fused-ring (bicyclic) bond motifs is 1. The number of nitrogens with one attached hydrogen (secondary N) is 1. The molecule has 0 bridgehead atoms. The lowest BCUT2D eigenvalue weighted by Crippen LogP contribution is -1.99. The SMILES string of the molecule is COc1ccc(Nc2c(-c3nc(C(C)C)no3)cnc3nc(C)ccc23)cc1OC.Cl. The third-order valence-corrected chi connectivity index (χ3v) is 4.71. The van der Waals surface area contributed by atoms with Gasteiger partial charge in [0, 0.05) is 34.9 Å². The molecule has 0 aliphatic carbocycles. The molecule has 31 heavy (non-hydrogen) atoms. The minimum absolute atomic E-state index is 0. The molecule has 0 aliphatic heterocycles. The zero-order valence-electron chi connectivity index (χ0n) is 18.0. The molecule has 0 atom stereocenters. The molecule has 3 aromatic heterocycles. The summed E-state index contributed by atoms with van der Waals surface area (Å²) in [5, 5.41) is 8.39. The van der Waals surface area contributed by atoms with Crippen LogP contribution in [0.15, 0.2) is 41.1 Å². The number of ether oxygens (including phenoxy) is 2. The average Bonchev–Trinajstić information content (AvgIpc) is 3.24. The van der Waals surface area contributed by atoms with Gasteiger partial charge < -0.3 is 19.3 Å². The van der Waals surface area contributed by atoms with Crippen LogP contribution in [-0.2, 0) is 0 Å². The zero-order valence-corrected chi connectivity index (χ0v) is 18.8. The van der Waals surface area contributed by atoms with Gasteiger partial charge in [-0.15, -0.1) is 12.4 Å². The van der Waals surface area contributed by atoms with Crippen LogP contribution in [0.3, 0.4) is 0 Å². The Morgan fingerprint density at radius 1 is 1.00 bits per heavy atom. The van der Waals surface area contributed by atoms with Crippen molar-refractivity contribution in [1.29, 1.82) is 0 Å². The van der Waals surface area contributed by atoms with Gasteiger partial charge in [-0.3, -0.25) is 0 Å². The molecule has 0 spiro atoms. The van der Waals surface area contributed by atoms with Crippen molar-refractivity contribution in [1.82, 2.24) is 20.1 Å². The minimum atomic E-state index is 0. The normalized spacial score (nSPS) is 10.8. The van der Waals surface area contributed by atoms with Gasteiger partial charge >= 0.3 is 0 Å². The molecule has 4 aromatic rings. The minimum Gasteiger partial charge on any atom is -0.493 e. The topological polar surface area (TPSA) is 95.2 Å². The van der Waals surface area contributed by atoms with E-state index in [9.17, 15) is 0 Å². The molecule has 0 fully saturated rings. The van der Waals surface area contributed by atoms with Gasteiger partial charge in [-0.1, -0.05) is 19.0 Å². The summed E-state index contributed by atoms with van der Waals surface area (Å²) in [5.74, 6) is 2.47. The molecule has 0 unspecified atom stereocenters. The molecule has 9 heteroatoms. The Morgan fingerprint density at radius 3 is 2.45 bits per heavy atom. The molecular formula is C22H24ClN5O3. The number of aryl methyl sites for hydroxylation is 1. The maximum atomic E-state index is 5.54. The largest absolute Gasteiger partial charge is 0.493 e. The van der Waals surface area contributed by atoms with Gasteiger partial charge in [-0.05, 0) is 31.2 Å². The Bertz CT molecular complexity index is 1210. The zero-order chi connectivity index (χ0) is 21.3. The molecule has 0 radical (unpaired) electrons. The number of halogens is 1. The third kappa shape index (κ3) is 4.39. The van der Waals surface area contributed by atoms with Crippen LogP contribution in [-0.4, -0.2) is 34.3 Å². The molecule has 0 aliphatic rings. The molecule has 0 saturated carbocycles. The van der Waals surface area contributed by atoms with E-state index in [-0.39, 0.29) is 18.3 Å². The fourth-order valence-corrected chi connectivity index (χ4v) is 3.11. The van der Waals surface area contributed by atoms with Crippen LogP contribution in [0.2, 0.25) is 0 Å². The summed E-state index contributed by atoms with van der Waals surface area (Å²) in [6.45, 7) is 5.97. The number of aromatic nitrogens is 4. The standard InChI is InChI=1S/C22H23N5O3.ClH/c1-12(2)20-26-22(30-27-20)16-11-23-21-15(8-6-13(3)24-21)19(16)25-14-7-9-17(28-4)18(10-14)29-5;/h6-12H,1-5H3,(H,23,24,25);1H. The summed E-state index contributed by atoms with van der Waals surface area (Å²) in [7, 11) is 3.21. The van der Waals surface area contributed by atoms with E-state index in [2.05, 4.69) is 25.4 Å². The van der Waals surface area contributed by atoms with E-state index in [1.54, 1.807) is 20.4 Å². The predicted molar refractivity (Wildman–Crippen MR) is 122 cm³/mol. The summed E-state index contributed by atoms with van der Waals surface area (Å²) in [6.07, 6.45) is 1.70. The Balaban J connectivity index is 0.00000272. The fourth-order valence-electron chi connectivity index (χ4n) is 3.11. The summed E-state index contributed by atoms with van der Waals surface area (Å²) >= 11 is 0. The van der Waals surface area contributed by atoms with Crippen molar-refractivity contribution >= 4 is 34.8 Å². The highest BCUT2D eigenvalue weighted by Gasteiger charge is 2.19. The smallest absolute Gasteiger partial charge is 0.261 e. The van der Waals surface area contributed by atoms with Crippen LogP contribution in [0.25, 0.3) is 22.5 Å². The van der Waals surface area contributed by atoms with Gasteiger partial charge in [-0.25, -0.2) is 9.97 Å². The Labute approximate surface area is 186 Å². The molecule has 8 nitrogen and oxygen atoms in total. The maximum Gasteiger partial charge on any atom is 0.261 e. The van der Waals surface area contributed by atoms with Gasteiger partial charge in [-0.2, -0.15) is 4.98 Å². The first-order valence-corrected chi connectivity index (χ1v) is 9.59. The van der Waals surface area contributed by atoms with Crippen molar-refractivity contribution < 1.29 is 14.0 Å². The number of nitrogens with zero attached hydrogens (tertiary/aromatic N) is 4. The van der Waals surface area contributed by atoms with Crippen molar-refractivity contribution in [3.05, 3.63) is 48.0 Å². The summed E-state index contributed by atoms with van der Waals surface area (Å²) in [5.41, 5.74) is 3.80. The first kappa shape index (κ1) is 22.3. The first-order valence-electron chi connectivity index (χ1n) is 9.59. The van der Waals surface area contributed by atoms with Crippen LogP contribution >= 0.6 is 12.4 Å². The molecule has 4 rings (SSSR count). The monoisotopic (exact) mass is 441 g/mol. The summed E-state index contributed by atoms with van der Waals surface area (Å²) < 4.78 is 16.3. The number of rotatable bonds is 6. The maximum absolute atomic E-state index is 5.54. The number of anilines is 2. The predicted octanol–water partition coefficient (Wildman–Crippen LogP) is 5.29. The van der Waals surface area contributed by atoms with Gasteiger partial charge in [0.2, 0.25) is 0 Å². The number of hydrogen-bond acceptors (Lipinski definition) is 8. The number of hydrogen-bond donors (Lipinski definition) is 1. The molecular weight excluding hydrogens is 418 g/mol. The van der Waals surface area contributed by atoms with E-state index < -0.39 is 0 Å². The Kier molecular flexibility index (Phi) is 6.60. The van der Waals surface area contributed by atoms with Crippen molar-refractivity contribution in [2.24, 2.45) is 0 Å². The first-order chi connectivity index (χ1) is 14.5. The van der Waals surface area contributed by atoms with Gasteiger partial charge in [0.1, 0.15) is 0 Å². The number of methoxy groups -OCH3 is 2. The second kappa shape index (κ2) is 9.18. The molecule has 0 amide bonds. The summed E-state index contributed by atoms with van der Waals surface area (Å²) in [6, 6.07) is 9.55. The fraction of sp³-hybridized carbons (Fsp3) is 0.273. The highest BCUT2D eigenvalue weighted by Crippen LogP contribution is 2.37. The second-order valence-electron chi connectivity index (χ2n) is 7.18. The lowest BCUT2D eigenvalue weighted by molar-refractivity contribution is 0.355. The third-order valence-electron chi connectivity index (χ3n) is 4.71. The van der Waals surface area contributed by atoms with E-state index in [1.165, 1.54) is 0 Å². The van der Waals surface area contributed by atoms with Crippen molar-refractivity contribution in [2.45, 2.75) is 26.7 Å². The van der Waals surface area contributed by atoms with Gasteiger partial charge in [0.25, 0.3) is 5.89 Å². The molecule has 1 aromatic carbocycles. The lowest BCUT2D eigenvalue weighted by atomic mass is 10.1. The molecule has 162 valence electrons. The van der Waals surface area contributed by atoms with Crippen LogP contribution in [0.4, 0.5) is 11.4 Å². The van der Waals surface area contributed by atoms with Crippen LogP contribution < -0.4 is 14.8 Å². The average molecular weight is 442 g/mol. The van der Waals surface area contributed by atoms with Crippen molar-refractivity contribution in [3.8, 4) is 23.0 Å². The highest BCUT2D eigenvalue weighted by atomic mass is 35.5. The molecule has 0 saturated heterocycles. The van der Waals surface area contributed by atoms with Gasteiger partial charge in [0.05, 0.1) is 25.5 Å². The van der Waals surface area contributed by atoms with E-state index >= 15 is 0 Å².